The van der Waals surface area contributed by atoms with E-state index in [0.29, 0.717) is 24.8 Å². The summed E-state index contributed by atoms with van der Waals surface area (Å²) in [6, 6.07) is -0.159. The maximum absolute atomic E-state index is 12.0. The Kier molecular flexibility index (Phi) is 4.34. The number of carbonyl (C=O) groups is 1. The molecule has 0 spiro atoms. The molecule has 1 N–H and O–H groups in total. The zero-order valence-corrected chi connectivity index (χ0v) is 12.4. The zero-order valence-electron chi connectivity index (χ0n) is 12.4. The Morgan fingerprint density at radius 2 is 2.05 bits per heavy atom. The largest absolute Gasteiger partial charge is 0.379 e. The van der Waals surface area contributed by atoms with Gasteiger partial charge in [0.15, 0.2) is 0 Å². The van der Waals surface area contributed by atoms with Gasteiger partial charge in [0.2, 0.25) is 0 Å². The zero-order chi connectivity index (χ0) is 14.7. The van der Waals surface area contributed by atoms with Crippen LogP contribution in [-0.2, 0) is 4.74 Å². The van der Waals surface area contributed by atoms with Crippen LogP contribution >= 0.6 is 0 Å². The molecule has 3 rings (SSSR count). The van der Waals surface area contributed by atoms with Crippen molar-refractivity contribution in [2.45, 2.75) is 31.6 Å². The summed E-state index contributed by atoms with van der Waals surface area (Å²) in [4.78, 5) is 22.2. The summed E-state index contributed by atoms with van der Waals surface area (Å²) >= 11 is 0. The SMILES string of the molecule is CN(CCOCC1CC1)C(=O)Nc1cnc(C2CC2)nc1. The Bertz CT molecular complexity index is 483. The van der Waals surface area contributed by atoms with Crippen LogP contribution in [0.5, 0.6) is 0 Å². The average molecular weight is 290 g/mol. The summed E-state index contributed by atoms with van der Waals surface area (Å²) in [6.45, 7) is 1.99. The predicted molar refractivity (Wildman–Crippen MR) is 79.2 cm³/mol. The number of rotatable bonds is 7. The molecule has 0 aliphatic heterocycles. The van der Waals surface area contributed by atoms with Gasteiger partial charge >= 0.3 is 6.03 Å². The number of hydrogen-bond acceptors (Lipinski definition) is 4. The molecule has 1 aromatic rings. The lowest BCUT2D eigenvalue weighted by Crippen LogP contribution is -2.34. The number of aromatic nitrogens is 2. The fraction of sp³-hybridized carbons (Fsp3) is 0.667. The van der Waals surface area contributed by atoms with Crippen molar-refractivity contribution in [1.29, 1.82) is 0 Å². The van der Waals surface area contributed by atoms with Crippen LogP contribution in [0.15, 0.2) is 12.4 Å². The summed E-state index contributed by atoms with van der Waals surface area (Å²) in [7, 11) is 1.76. The van der Waals surface area contributed by atoms with E-state index in [0.717, 1.165) is 18.3 Å². The molecule has 0 bridgehead atoms. The van der Waals surface area contributed by atoms with Crippen LogP contribution in [0.1, 0.15) is 37.4 Å². The van der Waals surface area contributed by atoms with Crippen molar-refractivity contribution in [2.24, 2.45) is 5.92 Å². The van der Waals surface area contributed by atoms with E-state index in [2.05, 4.69) is 15.3 Å². The number of urea groups is 1. The second-order valence-electron chi connectivity index (χ2n) is 5.97. The third-order valence-electron chi connectivity index (χ3n) is 3.83. The molecule has 21 heavy (non-hydrogen) atoms. The van der Waals surface area contributed by atoms with Gasteiger partial charge < -0.3 is 15.0 Å². The van der Waals surface area contributed by atoms with Crippen molar-refractivity contribution >= 4 is 11.7 Å². The third kappa shape index (κ3) is 4.39. The molecule has 2 saturated carbocycles. The van der Waals surface area contributed by atoms with Gasteiger partial charge in [0.05, 0.1) is 24.7 Å². The molecular weight excluding hydrogens is 268 g/mol. The molecule has 1 aromatic heterocycles. The molecule has 0 atom stereocenters. The van der Waals surface area contributed by atoms with E-state index >= 15 is 0 Å². The van der Waals surface area contributed by atoms with Gasteiger partial charge in [0, 0.05) is 26.1 Å². The smallest absolute Gasteiger partial charge is 0.321 e. The van der Waals surface area contributed by atoms with Crippen LogP contribution in [0, 0.1) is 5.92 Å². The van der Waals surface area contributed by atoms with E-state index < -0.39 is 0 Å². The lowest BCUT2D eigenvalue weighted by atomic mass is 10.4. The lowest BCUT2D eigenvalue weighted by molar-refractivity contribution is 0.109. The minimum Gasteiger partial charge on any atom is -0.379 e. The molecule has 0 aromatic carbocycles. The molecule has 0 saturated heterocycles. The van der Waals surface area contributed by atoms with Crippen molar-refractivity contribution in [1.82, 2.24) is 14.9 Å². The molecule has 0 radical (unpaired) electrons. The molecule has 2 aliphatic rings. The maximum atomic E-state index is 12.0. The predicted octanol–water partition coefficient (Wildman–Crippen LogP) is 2.24. The number of nitrogens with zero attached hydrogens (tertiary/aromatic N) is 3. The number of anilines is 1. The molecule has 1 heterocycles. The van der Waals surface area contributed by atoms with E-state index in [1.807, 2.05) is 0 Å². The number of carbonyl (C=O) groups excluding carboxylic acids is 1. The van der Waals surface area contributed by atoms with E-state index in [-0.39, 0.29) is 6.03 Å². The van der Waals surface area contributed by atoms with Crippen LogP contribution in [0.3, 0.4) is 0 Å². The Balaban J connectivity index is 1.38. The van der Waals surface area contributed by atoms with Crippen LogP contribution in [0.4, 0.5) is 10.5 Å². The Hall–Kier alpha value is -1.69. The van der Waals surface area contributed by atoms with Crippen LogP contribution in [-0.4, -0.2) is 47.7 Å². The third-order valence-corrected chi connectivity index (χ3v) is 3.83. The fourth-order valence-electron chi connectivity index (χ4n) is 2.01. The Labute approximate surface area is 124 Å². The van der Waals surface area contributed by atoms with E-state index in [1.54, 1.807) is 24.3 Å². The highest BCUT2D eigenvalue weighted by Gasteiger charge is 2.26. The lowest BCUT2D eigenvalue weighted by Gasteiger charge is -2.17. The van der Waals surface area contributed by atoms with Crippen molar-refractivity contribution in [3.05, 3.63) is 18.2 Å². The summed E-state index contributed by atoms with van der Waals surface area (Å²) in [6.07, 6.45) is 8.27. The van der Waals surface area contributed by atoms with Crippen LogP contribution in [0.25, 0.3) is 0 Å². The summed E-state index contributed by atoms with van der Waals surface area (Å²) in [5, 5.41) is 2.80. The van der Waals surface area contributed by atoms with E-state index in [4.69, 9.17) is 4.74 Å². The molecule has 114 valence electrons. The second kappa shape index (κ2) is 6.39. The normalized spacial score (nSPS) is 17.6. The van der Waals surface area contributed by atoms with Gasteiger partial charge in [-0.1, -0.05) is 0 Å². The quantitative estimate of drug-likeness (QED) is 0.782. The highest BCUT2D eigenvalue weighted by atomic mass is 16.5. The molecule has 0 unspecified atom stereocenters. The molecule has 2 aliphatic carbocycles. The monoisotopic (exact) mass is 290 g/mol. The van der Waals surface area contributed by atoms with Crippen LogP contribution in [0.2, 0.25) is 0 Å². The van der Waals surface area contributed by atoms with Gasteiger partial charge in [-0.3, -0.25) is 0 Å². The van der Waals surface area contributed by atoms with E-state index in [9.17, 15) is 4.79 Å². The number of nitrogens with one attached hydrogen (secondary N) is 1. The van der Waals surface area contributed by atoms with Crippen LogP contribution < -0.4 is 5.32 Å². The number of hydrogen-bond donors (Lipinski definition) is 1. The van der Waals surface area contributed by atoms with Crippen molar-refractivity contribution in [3.63, 3.8) is 0 Å². The standard InChI is InChI=1S/C15H22N4O2/c1-19(6-7-21-10-11-2-3-11)15(20)18-13-8-16-14(17-9-13)12-4-5-12/h8-9,11-12H,2-7,10H2,1H3,(H,18,20). The Morgan fingerprint density at radius 3 is 2.67 bits per heavy atom. The fourth-order valence-corrected chi connectivity index (χ4v) is 2.01. The van der Waals surface area contributed by atoms with Gasteiger partial charge in [-0.05, 0) is 31.6 Å². The first-order chi connectivity index (χ1) is 10.2. The van der Waals surface area contributed by atoms with Gasteiger partial charge in [0.25, 0.3) is 0 Å². The average Bonchev–Trinajstić information content (AvgIpc) is 3.38. The minimum atomic E-state index is -0.159. The van der Waals surface area contributed by atoms with E-state index in [1.165, 1.54) is 25.7 Å². The highest BCUT2D eigenvalue weighted by Crippen LogP contribution is 2.37. The first-order valence-corrected chi connectivity index (χ1v) is 7.64. The minimum absolute atomic E-state index is 0.159. The molecule has 6 nitrogen and oxygen atoms in total. The molecule has 2 amide bonds. The van der Waals surface area contributed by atoms with Crippen molar-refractivity contribution < 1.29 is 9.53 Å². The summed E-state index contributed by atoms with van der Waals surface area (Å²) in [5.74, 6) is 2.17. The molecule has 6 heteroatoms. The highest BCUT2D eigenvalue weighted by molar-refractivity contribution is 5.88. The first kappa shape index (κ1) is 14.3. The summed E-state index contributed by atoms with van der Waals surface area (Å²) in [5.41, 5.74) is 0.634. The van der Waals surface area contributed by atoms with Gasteiger partial charge in [-0.2, -0.15) is 0 Å². The Morgan fingerprint density at radius 1 is 1.33 bits per heavy atom. The first-order valence-electron chi connectivity index (χ1n) is 7.64. The van der Waals surface area contributed by atoms with Gasteiger partial charge in [-0.25, -0.2) is 14.8 Å². The topological polar surface area (TPSA) is 67.3 Å². The molecular formula is C15H22N4O2. The van der Waals surface area contributed by atoms with Crippen molar-refractivity contribution in [3.8, 4) is 0 Å². The summed E-state index contributed by atoms with van der Waals surface area (Å²) < 4.78 is 5.53. The number of amides is 2. The molecule has 2 fully saturated rings. The number of likely N-dealkylation sites (N-methyl/N-ethyl adjacent to an activating group) is 1. The van der Waals surface area contributed by atoms with Crippen molar-refractivity contribution in [2.75, 3.05) is 32.1 Å². The second-order valence-corrected chi connectivity index (χ2v) is 5.97. The van der Waals surface area contributed by atoms with Gasteiger partial charge in [-0.15, -0.1) is 0 Å². The van der Waals surface area contributed by atoms with Gasteiger partial charge in [0.1, 0.15) is 5.82 Å². The number of ether oxygens (including phenoxy) is 1. The maximum Gasteiger partial charge on any atom is 0.321 e.